The van der Waals surface area contributed by atoms with Gasteiger partial charge in [0.15, 0.2) is 0 Å². The van der Waals surface area contributed by atoms with Gasteiger partial charge in [0.2, 0.25) is 5.91 Å². The number of hydrogen-bond donors (Lipinski definition) is 2. The van der Waals surface area contributed by atoms with Crippen LogP contribution in [0.2, 0.25) is 0 Å². The van der Waals surface area contributed by atoms with Gasteiger partial charge in [-0.3, -0.25) is 9.78 Å². The first-order valence-electron chi connectivity index (χ1n) is 7.48. The normalized spacial score (nSPS) is 11.9. The summed E-state index contributed by atoms with van der Waals surface area (Å²) >= 11 is 1.41. The summed E-state index contributed by atoms with van der Waals surface area (Å²) in [4.78, 5) is 31.8. The van der Waals surface area contributed by atoms with Crippen LogP contribution in [-0.4, -0.2) is 33.0 Å². The minimum atomic E-state index is -1.00. The molecule has 0 saturated carbocycles. The van der Waals surface area contributed by atoms with E-state index < -0.39 is 12.0 Å². The molecule has 0 saturated heterocycles. The van der Waals surface area contributed by atoms with Crippen molar-refractivity contribution in [1.82, 2.24) is 15.3 Å². The van der Waals surface area contributed by atoms with Crippen molar-refractivity contribution in [2.24, 2.45) is 0 Å². The van der Waals surface area contributed by atoms with Crippen LogP contribution < -0.4 is 5.32 Å². The zero-order chi connectivity index (χ0) is 16.7. The molecule has 0 fully saturated rings. The summed E-state index contributed by atoms with van der Waals surface area (Å²) in [6.45, 7) is 1.98. The number of nitrogens with zero attached hydrogens (tertiary/aromatic N) is 2. The highest BCUT2D eigenvalue weighted by atomic mass is 32.1. The van der Waals surface area contributed by atoms with E-state index in [0.717, 1.165) is 23.5 Å². The van der Waals surface area contributed by atoms with E-state index >= 15 is 0 Å². The van der Waals surface area contributed by atoms with Crippen LogP contribution in [0.3, 0.4) is 0 Å². The van der Waals surface area contributed by atoms with E-state index in [0.29, 0.717) is 12.1 Å². The summed E-state index contributed by atoms with van der Waals surface area (Å²) in [6, 6.07) is 4.72. The molecule has 2 rings (SSSR count). The fourth-order valence-corrected chi connectivity index (χ4v) is 2.87. The van der Waals surface area contributed by atoms with E-state index in [1.807, 2.05) is 25.1 Å². The standard InChI is InChI=1S/C16H19N3O3S/c1-2-3-6-13(16(21)22)19-14(20)9-11-10-23-15(18-11)12-7-4-5-8-17-12/h4-5,7-8,10,13H,2-3,6,9H2,1H3,(H,19,20)(H,21,22)/t13-/m0/s1. The van der Waals surface area contributed by atoms with Gasteiger partial charge in [0.05, 0.1) is 17.8 Å². The SMILES string of the molecule is CCCC[C@H](NC(=O)Cc1csc(-c2ccccn2)n1)C(=O)O. The Balaban J connectivity index is 1.95. The van der Waals surface area contributed by atoms with Gasteiger partial charge in [-0.15, -0.1) is 11.3 Å². The van der Waals surface area contributed by atoms with Crippen LogP contribution in [-0.2, 0) is 16.0 Å². The average molecular weight is 333 g/mol. The van der Waals surface area contributed by atoms with Crippen molar-refractivity contribution in [2.75, 3.05) is 0 Å². The molecular weight excluding hydrogens is 314 g/mol. The molecule has 0 radical (unpaired) electrons. The number of nitrogens with one attached hydrogen (secondary N) is 1. The lowest BCUT2D eigenvalue weighted by atomic mass is 10.1. The fourth-order valence-electron chi connectivity index (χ4n) is 2.07. The second-order valence-electron chi connectivity index (χ2n) is 5.14. The molecule has 2 aromatic rings. The summed E-state index contributed by atoms with van der Waals surface area (Å²) in [5.74, 6) is -1.33. The zero-order valence-electron chi connectivity index (χ0n) is 12.9. The highest BCUT2D eigenvalue weighted by molar-refractivity contribution is 7.13. The Morgan fingerprint density at radius 2 is 2.22 bits per heavy atom. The van der Waals surface area contributed by atoms with Crippen molar-refractivity contribution in [3.05, 3.63) is 35.5 Å². The molecule has 0 aromatic carbocycles. The molecule has 0 aliphatic heterocycles. The van der Waals surface area contributed by atoms with E-state index in [-0.39, 0.29) is 12.3 Å². The van der Waals surface area contributed by atoms with Gasteiger partial charge in [0.1, 0.15) is 11.0 Å². The molecule has 1 amide bonds. The Morgan fingerprint density at radius 3 is 2.87 bits per heavy atom. The quantitative estimate of drug-likeness (QED) is 0.774. The van der Waals surface area contributed by atoms with Crippen LogP contribution in [0.25, 0.3) is 10.7 Å². The molecule has 0 aliphatic rings. The molecule has 7 heteroatoms. The first kappa shape index (κ1) is 17.1. The molecular formula is C16H19N3O3S. The van der Waals surface area contributed by atoms with Gasteiger partial charge in [-0.2, -0.15) is 0 Å². The topological polar surface area (TPSA) is 92.2 Å². The van der Waals surface area contributed by atoms with Gasteiger partial charge < -0.3 is 10.4 Å². The Bertz CT molecular complexity index is 658. The van der Waals surface area contributed by atoms with Crippen molar-refractivity contribution in [3.63, 3.8) is 0 Å². The Hall–Kier alpha value is -2.28. The highest BCUT2D eigenvalue weighted by Gasteiger charge is 2.20. The first-order valence-corrected chi connectivity index (χ1v) is 8.36. The Labute approximate surface area is 138 Å². The number of carbonyl (C=O) groups excluding carboxylic acids is 1. The third kappa shape index (κ3) is 5.14. The number of pyridine rings is 1. The van der Waals surface area contributed by atoms with Crippen LogP contribution in [0, 0.1) is 0 Å². The number of aromatic nitrogens is 2. The van der Waals surface area contributed by atoms with Crippen molar-refractivity contribution in [1.29, 1.82) is 0 Å². The number of carbonyl (C=O) groups is 2. The maximum atomic E-state index is 12.0. The lowest BCUT2D eigenvalue weighted by molar-refractivity contribution is -0.142. The number of amides is 1. The molecule has 2 N–H and O–H groups in total. The predicted molar refractivity (Wildman–Crippen MR) is 88.1 cm³/mol. The van der Waals surface area contributed by atoms with Gasteiger partial charge in [-0.25, -0.2) is 9.78 Å². The van der Waals surface area contributed by atoms with Crippen LogP contribution >= 0.6 is 11.3 Å². The summed E-state index contributed by atoms with van der Waals surface area (Å²) < 4.78 is 0. The molecule has 23 heavy (non-hydrogen) atoms. The van der Waals surface area contributed by atoms with Crippen molar-refractivity contribution in [2.45, 2.75) is 38.6 Å². The van der Waals surface area contributed by atoms with Gasteiger partial charge >= 0.3 is 5.97 Å². The van der Waals surface area contributed by atoms with Crippen LogP contribution in [0.5, 0.6) is 0 Å². The van der Waals surface area contributed by atoms with Crippen LogP contribution in [0.4, 0.5) is 0 Å². The summed E-state index contributed by atoms with van der Waals surface area (Å²) in [5.41, 5.74) is 1.38. The van der Waals surface area contributed by atoms with Crippen molar-refractivity contribution >= 4 is 23.2 Å². The molecule has 122 valence electrons. The lowest BCUT2D eigenvalue weighted by Crippen LogP contribution is -2.41. The summed E-state index contributed by atoms with van der Waals surface area (Å²) in [5, 5.41) is 14.2. The number of unbranched alkanes of at least 4 members (excludes halogenated alkanes) is 1. The lowest BCUT2D eigenvalue weighted by Gasteiger charge is -2.13. The molecule has 0 spiro atoms. The average Bonchev–Trinajstić information content (AvgIpc) is 3.00. The van der Waals surface area contributed by atoms with Crippen molar-refractivity contribution in [3.8, 4) is 10.7 Å². The summed E-state index contributed by atoms with van der Waals surface area (Å²) in [7, 11) is 0. The number of rotatable bonds is 8. The number of carboxylic acid groups (broad SMARTS) is 1. The molecule has 0 aliphatic carbocycles. The monoisotopic (exact) mass is 333 g/mol. The number of hydrogen-bond acceptors (Lipinski definition) is 5. The molecule has 2 aromatic heterocycles. The van der Waals surface area contributed by atoms with Gasteiger partial charge in [-0.1, -0.05) is 25.8 Å². The first-order chi connectivity index (χ1) is 11.1. The van der Waals surface area contributed by atoms with E-state index in [4.69, 9.17) is 5.11 Å². The van der Waals surface area contributed by atoms with Crippen LogP contribution in [0.1, 0.15) is 31.9 Å². The van der Waals surface area contributed by atoms with E-state index in [1.165, 1.54) is 11.3 Å². The molecule has 2 heterocycles. The predicted octanol–water partition coefficient (Wildman–Crippen LogP) is 2.51. The fraction of sp³-hybridized carbons (Fsp3) is 0.375. The van der Waals surface area contributed by atoms with Crippen molar-refractivity contribution < 1.29 is 14.7 Å². The molecule has 1 atom stereocenters. The highest BCUT2D eigenvalue weighted by Crippen LogP contribution is 2.21. The van der Waals surface area contributed by atoms with Gasteiger partial charge in [-0.05, 0) is 18.6 Å². The maximum absolute atomic E-state index is 12.0. The number of aliphatic carboxylic acids is 1. The minimum Gasteiger partial charge on any atom is -0.480 e. The maximum Gasteiger partial charge on any atom is 0.326 e. The molecule has 0 bridgehead atoms. The molecule has 0 unspecified atom stereocenters. The smallest absolute Gasteiger partial charge is 0.326 e. The minimum absolute atomic E-state index is 0.0687. The van der Waals surface area contributed by atoms with Crippen LogP contribution in [0.15, 0.2) is 29.8 Å². The molecule has 6 nitrogen and oxygen atoms in total. The third-order valence-electron chi connectivity index (χ3n) is 3.26. The van der Waals surface area contributed by atoms with Gasteiger partial charge in [0.25, 0.3) is 0 Å². The van der Waals surface area contributed by atoms with E-state index in [2.05, 4.69) is 15.3 Å². The Kier molecular flexibility index (Phi) is 6.22. The largest absolute Gasteiger partial charge is 0.480 e. The number of carboxylic acids is 1. The van der Waals surface area contributed by atoms with E-state index in [9.17, 15) is 9.59 Å². The zero-order valence-corrected chi connectivity index (χ0v) is 13.7. The summed E-state index contributed by atoms with van der Waals surface area (Å²) in [6.07, 6.45) is 3.85. The second-order valence-corrected chi connectivity index (χ2v) is 5.99. The second kappa shape index (κ2) is 8.38. The number of thiazole rings is 1. The van der Waals surface area contributed by atoms with Gasteiger partial charge in [0, 0.05) is 11.6 Å². The Morgan fingerprint density at radius 1 is 1.39 bits per heavy atom. The third-order valence-corrected chi connectivity index (χ3v) is 4.17. The van der Waals surface area contributed by atoms with E-state index in [1.54, 1.807) is 11.6 Å².